The van der Waals surface area contributed by atoms with Gasteiger partial charge < -0.3 is 15.4 Å². The van der Waals surface area contributed by atoms with E-state index in [1.807, 2.05) is 6.07 Å². The summed E-state index contributed by atoms with van der Waals surface area (Å²) in [4.78, 5) is 8.16. The zero-order valence-corrected chi connectivity index (χ0v) is 18.2. The van der Waals surface area contributed by atoms with Crippen LogP contribution in [-0.4, -0.2) is 37.4 Å². The number of hydrogen-bond acceptors (Lipinski definition) is 3. The fourth-order valence-corrected chi connectivity index (χ4v) is 2.40. The van der Waals surface area contributed by atoms with Crippen molar-refractivity contribution in [3.63, 3.8) is 0 Å². The molecule has 2 rings (SSSR count). The summed E-state index contributed by atoms with van der Waals surface area (Å²) in [7, 11) is 1.67. The van der Waals surface area contributed by atoms with Crippen molar-refractivity contribution in [2.75, 3.05) is 20.1 Å². The molecule has 0 aliphatic carbocycles. The smallest absolute Gasteiger partial charge is 0.406 e. The summed E-state index contributed by atoms with van der Waals surface area (Å²) >= 11 is 5.75. The number of ether oxygens (including phenoxy) is 1. The SMILES string of the molecule is CN=C(NCCc1ccc(OC(F)(F)F)cc1)NCCc1ccc(Cl)nc1.I. The highest BCUT2D eigenvalue weighted by Gasteiger charge is 2.30. The molecule has 0 fully saturated rings. The molecule has 0 amide bonds. The van der Waals surface area contributed by atoms with Crippen LogP contribution in [0.4, 0.5) is 13.2 Å². The van der Waals surface area contributed by atoms with E-state index in [0.717, 1.165) is 17.5 Å². The van der Waals surface area contributed by atoms with Gasteiger partial charge in [-0.25, -0.2) is 4.98 Å². The molecule has 0 atom stereocenters. The van der Waals surface area contributed by atoms with Crippen molar-refractivity contribution in [3.05, 3.63) is 58.9 Å². The van der Waals surface area contributed by atoms with Gasteiger partial charge in [0.25, 0.3) is 0 Å². The lowest BCUT2D eigenvalue weighted by molar-refractivity contribution is -0.274. The van der Waals surface area contributed by atoms with E-state index in [1.165, 1.54) is 12.1 Å². The Bertz CT molecular complexity index is 740. The number of nitrogens with one attached hydrogen (secondary N) is 2. The average molecular weight is 529 g/mol. The van der Waals surface area contributed by atoms with Crippen molar-refractivity contribution in [1.82, 2.24) is 15.6 Å². The van der Waals surface area contributed by atoms with E-state index in [-0.39, 0.29) is 29.7 Å². The zero-order valence-electron chi connectivity index (χ0n) is 15.1. The third-order valence-corrected chi connectivity index (χ3v) is 3.80. The molecule has 0 saturated carbocycles. The summed E-state index contributed by atoms with van der Waals surface area (Å²) in [6.07, 6.45) is -1.55. The van der Waals surface area contributed by atoms with E-state index in [0.29, 0.717) is 30.6 Å². The molecule has 2 aromatic rings. The zero-order chi connectivity index (χ0) is 19.7. The van der Waals surface area contributed by atoms with Crippen molar-refractivity contribution >= 4 is 41.5 Å². The van der Waals surface area contributed by atoms with E-state index in [1.54, 1.807) is 31.4 Å². The first kappa shape index (κ1) is 24.3. The normalized spacial score (nSPS) is 11.5. The van der Waals surface area contributed by atoms with Gasteiger partial charge in [0.1, 0.15) is 10.9 Å². The molecule has 1 heterocycles. The van der Waals surface area contributed by atoms with Gasteiger partial charge in [-0.15, -0.1) is 37.1 Å². The second-order valence-electron chi connectivity index (χ2n) is 5.61. The van der Waals surface area contributed by atoms with Crippen LogP contribution in [-0.2, 0) is 12.8 Å². The van der Waals surface area contributed by atoms with Crippen LogP contribution in [0, 0.1) is 0 Å². The maximum absolute atomic E-state index is 12.1. The Morgan fingerprint density at radius 1 is 1.04 bits per heavy atom. The lowest BCUT2D eigenvalue weighted by Gasteiger charge is -2.12. The minimum Gasteiger partial charge on any atom is -0.406 e. The van der Waals surface area contributed by atoms with Crippen molar-refractivity contribution in [3.8, 4) is 5.75 Å². The van der Waals surface area contributed by atoms with Crippen LogP contribution >= 0.6 is 35.6 Å². The number of pyridine rings is 1. The van der Waals surface area contributed by atoms with Crippen LogP contribution in [0.1, 0.15) is 11.1 Å². The van der Waals surface area contributed by atoms with Gasteiger partial charge in [0, 0.05) is 26.3 Å². The quantitative estimate of drug-likeness (QED) is 0.245. The van der Waals surface area contributed by atoms with Gasteiger partial charge in [-0.05, 0) is 42.2 Å². The molecule has 0 aliphatic heterocycles. The number of benzene rings is 1. The van der Waals surface area contributed by atoms with Gasteiger partial charge in [-0.2, -0.15) is 0 Å². The molecule has 0 bridgehead atoms. The molecule has 0 aliphatic rings. The first-order chi connectivity index (χ1) is 12.9. The molecule has 10 heteroatoms. The van der Waals surface area contributed by atoms with Gasteiger partial charge in [-0.1, -0.05) is 29.8 Å². The van der Waals surface area contributed by atoms with Crippen LogP contribution in [0.5, 0.6) is 5.75 Å². The lowest BCUT2D eigenvalue weighted by atomic mass is 10.1. The van der Waals surface area contributed by atoms with Gasteiger partial charge in [0.15, 0.2) is 5.96 Å². The summed E-state index contributed by atoms with van der Waals surface area (Å²) in [5.74, 6) is 0.419. The van der Waals surface area contributed by atoms with E-state index in [2.05, 4.69) is 25.3 Å². The molecule has 1 aromatic carbocycles. The van der Waals surface area contributed by atoms with E-state index < -0.39 is 6.36 Å². The molecule has 0 saturated heterocycles. The average Bonchev–Trinajstić information content (AvgIpc) is 2.62. The highest BCUT2D eigenvalue weighted by Crippen LogP contribution is 2.22. The summed E-state index contributed by atoms with van der Waals surface area (Å²) < 4.78 is 40.3. The van der Waals surface area contributed by atoms with Crippen molar-refractivity contribution in [2.45, 2.75) is 19.2 Å². The molecule has 5 nitrogen and oxygen atoms in total. The van der Waals surface area contributed by atoms with Crippen LogP contribution in [0.25, 0.3) is 0 Å². The molecule has 0 unspecified atom stereocenters. The Hall–Kier alpha value is -1.75. The molecule has 1 aromatic heterocycles. The monoisotopic (exact) mass is 528 g/mol. The Morgan fingerprint density at radius 2 is 1.61 bits per heavy atom. The van der Waals surface area contributed by atoms with Crippen LogP contribution in [0.3, 0.4) is 0 Å². The van der Waals surface area contributed by atoms with Crippen molar-refractivity contribution in [2.24, 2.45) is 4.99 Å². The highest BCUT2D eigenvalue weighted by molar-refractivity contribution is 14.0. The maximum Gasteiger partial charge on any atom is 0.573 e. The number of guanidine groups is 1. The van der Waals surface area contributed by atoms with Gasteiger partial charge in [0.2, 0.25) is 0 Å². The van der Waals surface area contributed by atoms with Gasteiger partial charge in [-0.3, -0.25) is 4.99 Å². The first-order valence-electron chi connectivity index (χ1n) is 8.25. The number of nitrogens with zero attached hydrogens (tertiary/aromatic N) is 2. The molecular formula is C18H21ClF3IN4O. The second kappa shape index (κ2) is 11.9. The predicted molar refractivity (Wildman–Crippen MR) is 115 cm³/mol. The number of aliphatic imine (C=N–C) groups is 1. The van der Waals surface area contributed by atoms with Gasteiger partial charge in [0.05, 0.1) is 0 Å². The van der Waals surface area contributed by atoms with Crippen LogP contribution in [0.2, 0.25) is 5.15 Å². The van der Waals surface area contributed by atoms with E-state index in [4.69, 9.17) is 11.6 Å². The van der Waals surface area contributed by atoms with Crippen LogP contribution in [0.15, 0.2) is 47.6 Å². The number of hydrogen-bond donors (Lipinski definition) is 2. The first-order valence-corrected chi connectivity index (χ1v) is 8.63. The van der Waals surface area contributed by atoms with Crippen LogP contribution < -0.4 is 15.4 Å². The highest BCUT2D eigenvalue weighted by atomic mass is 127. The van der Waals surface area contributed by atoms with Gasteiger partial charge >= 0.3 is 6.36 Å². The molecular weight excluding hydrogens is 508 g/mol. The lowest BCUT2D eigenvalue weighted by Crippen LogP contribution is -2.39. The summed E-state index contributed by atoms with van der Waals surface area (Å²) in [5, 5.41) is 6.80. The largest absolute Gasteiger partial charge is 0.573 e. The fraction of sp³-hybridized carbons (Fsp3) is 0.333. The number of alkyl halides is 3. The number of aromatic nitrogens is 1. The molecule has 28 heavy (non-hydrogen) atoms. The molecule has 154 valence electrons. The van der Waals surface area contributed by atoms with E-state index in [9.17, 15) is 13.2 Å². The maximum atomic E-state index is 12.1. The van der Waals surface area contributed by atoms with Crippen molar-refractivity contribution in [1.29, 1.82) is 0 Å². The third kappa shape index (κ3) is 9.45. The Morgan fingerprint density at radius 3 is 2.11 bits per heavy atom. The standard InChI is InChI=1S/C18H20ClF3N4O.HI/c1-23-17(25-11-9-14-4-7-16(19)26-12-14)24-10-8-13-2-5-15(6-3-13)27-18(20,21)22;/h2-7,12H,8-11H2,1H3,(H2,23,24,25);1H. The fourth-order valence-electron chi connectivity index (χ4n) is 2.28. The Labute approximate surface area is 183 Å². The minimum atomic E-state index is -4.68. The van der Waals surface area contributed by atoms with E-state index >= 15 is 0 Å². The third-order valence-electron chi connectivity index (χ3n) is 3.58. The summed E-state index contributed by atoms with van der Waals surface area (Å²) in [5.41, 5.74) is 1.95. The Balaban J connectivity index is 0.00000392. The minimum absolute atomic E-state index is 0. The summed E-state index contributed by atoms with van der Waals surface area (Å²) in [6, 6.07) is 9.47. The molecule has 0 spiro atoms. The molecule has 0 radical (unpaired) electrons. The van der Waals surface area contributed by atoms with Crippen molar-refractivity contribution < 1.29 is 17.9 Å². The predicted octanol–water partition coefficient (Wildman–Crippen LogP) is 4.20. The topological polar surface area (TPSA) is 58.5 Å². The molecule has 2 N–H and O–H groups in total. The number of halogens is 5. The Kier molecular flexibility index (Phi) is 10.4. The second-order valence-corrected chi connectivity index (χ2v) is 5.99. The number of rotatable bonds is 7. The summed E-state index contributed by atoms with van der Waals surface area (Å²) in [6.45, 7) is 1.26.